The zero-order chi connectivity index (χ0) is 20.3. The molecule has 1 aromatic carbocycles. The first kappa shape index (κ1) is 20.3. The third-order valence-electron chi connectivity index (χ3n) is 4.73. The number of hydrogen-bond acceptors (Lipinski definition) is 5. The summed E-state index contributed by atoms with van der Waals surface area (Å²) in [6, 6.07) is 10.3. The Morgan fingerprint density at radius 3 is 2.54 bits per heavy atom. The number of ketones is 1. The summed E-state index contributed by atoms with van der Waals surface area (Å²) in [6.45, 7) is 6.78. The van der Waals surface area contributed by atoms with Crippen molar-refractivity contribution in [1.82, 2.24) is 4.90 Å². The second-order valence-corrected chi connectivity index (χ2v) is 8.05. The predicted molar refractivity (Wildman–Crippen MR) is 110 cm³/mol. The van der Waals surface area contributed by atoms with E-state index in [0.717, 1.165) is 10.4 Å². The number of amides is 1. The molecular weight excluding hydrogens is 374 g/mol. The smallest absolute Gasteiger partial charge is 0.295 e. The van der Waals surface area contributed by atoms with Crippen molar-refractivity contribution >= 4 is 28.8 Å². The molecule has 1 fully saturated rings. The first-order chi connectivity index (χ1) is 13.4. The maximum Gasteiger partial charge on any atom is 0.295 e. The van der Waals surface area contributed by atoms with Crippen LogP contribution in [0.3, 0.4) is 0 Å². The van der Waals surface area contributed by atoms with E-state index in [-0.39, 0.29) is 17.4 Å². The largest absolute Gasteiger partial charge is 0.507 e. The molecule has 148 valence electrons. The highest BCUT2D eigenvalue weighted by atomic mass is 32.1. The zero-order valence-electron chi connectivity index (χ0n) is 16.3. The number of hydrogen-bond donors (Lipinski definition) is 1. The van der Waals surface area contributed by atoms with Crippen molar-refractivity contribution in [3.05, 3.63) is 63.4 Å². The van der Waals surface area contributed by atoms with Crippen molar-refractivity contribution in [3.63, 3.8) is 0 Å². The topological polar surface area (TPSA) is 66.8 Å². The fraction of sp³-hybridized carbons (Fsp3) is 0.364. The molecule has 6 heteroatoms. The minimum absolute atomic E-state index is 0.115. The van der Waals surface area contributed by atoms with Gasteiger partial charge in [-0.2, -0.15) is 0 Å². The summed E-state index contributed by atoms with van der Waals surface area (Å²) in [7, 11) is 0. The molecule has 0 spiro atoms. The molecule has 28 heavy (non-hydrogen) atoms. The Morgan fingerprint density at radius 2 is 1.93 bits per heavy atom. The molecule has 1 N–H and O–H groups in total. The van der Waals surface area contributed by atoms with Gasteiger partial charge in [0, 0.05) is 23.6 Å². The van der Waals surface area contributed by atoms with Gasteiger partial charge in [-0.05, 0) is 44.2 Å². The lowest BCUT2D eigenvalue weighted by Crippen LogP contribution is -2.31. The minimum atomic E-state index is -0.635. The highest BCUT2D eigenvalue weighted by Gasteiger charge is 2.46. The Kier molecular flexibility index (Phi) is 6.31. The molecule has 1 atom stereocenters. The summed E-state index contributed by atoms with van der Waals surface area (Å²) >= 11 is 1.49. The maximum absolute atomic E-state index is 12.9. The van der Waals surface area contributed by atoms with E-state index in [1.165, 1.54) is 11.3 Å². The standard InChI is InChI=1S/C22H25NO4S/c1-14(2)27-12-7-11-23-18(21-15(3)10-13-28-21)17(20(25)22(23)26)19(24)16-8-5-4-6-9-16/h4-6,8-10,13-14,18,24H,7,11-12H2,1-3H3/b19-17-. The molecule has 2 aromatic rings. The van der Waals surface area contributed by atoms with Crippen molar-refractivity contribution in [2.45, 2.75) is 39.3 Å². The zero-order valence-corrected chi connectivity index (χ0v) is 17.2. The van der Waals surface area contributed by atoms with Gasteiger partial charge in [0.25, 0.3) is 11.7 Å². The number of Topliss-reactive ketones (excluding diaryl/α,β-unsaturated/α-hetero) is 1. The Bertz CT molecular complexity index is 885. The van der Waals surface area contributed by atoms with Crippen LogP contribution in [0.25, 0.3) is 5.76 Å². The van der Waals surface area contributed by atoms with Gasteiger partial charge in [-0.25, -0.2) is 0 Å². The summed E-state index contributed by atoms with van der Waals surface area (Å²) < 4.78 is 5.58. The SMILES string of the molecule is Cc1ccsc1C1/C(=C(/O)c2ccccc2)C(=O)C(=O)N1CCCOC(C)C. The van der Waals surface area contributed by atoms with E-state index in [1.54, 1.807) is 29.2 Å². The minimum Gasteiger partial charge on any atom is -0.507 e. The number of aliphatic hydroxyl groups is 1. The molecule has 2 heterocycles. The van der Waals surface area contributed by atoms with E-state index in [9.17, 15) is 14.7 Å². The van der Waals surface area contributed by atoms with E-state index < -0.39 is 17.7 Å². The summed E-state index contributed by atoms with van der Waals surface area (Å²) in [5.74, 6) is -1.33. The van der Waals surface area contributed by atoms with Crippen molar-refractivity contribution in [2.24, 2.45) is 0 Å². The molecule has 1 aliphatic heterocycles. The highest BCUT2D eigenvalue weighted by molar-refractivity contribution is 7.10. The van der Waals surface area contributed by atoms with Crippen LogP contribution in [-0.4, -0.2) is 41.0 Å². The summed E-state index contributed by atoms with van der Waals surface area (Å²) in [5, 5.41) is 12.8. The number of aryl methyl sites for hydroxylation is 1. The van der Waals surface area contributed by atoms with Crippen LogP contribution in [0.5, 0.6) is 0 Å². The molecule has 0 saturated carbocycles. The molecule has 0 aliphatic carbocycles. The first-order valence-electron chi connectivity index (χ1n) is 9.41. The van der Waals surface area contributed by atoms with Crippen LogP contribution in [0, 0.1) is 6.92 Å². The number of benzene rings is 1. The van der Waals surface area contributed by atoms with Crippen LogP contribution in [-0.2, 0) is 14.3 Å². The number of thiophene rings is 1. The molecule has 5 nitrogen and oxygen atoms in total. The Morgan fingerprint density at radius 1 is 1.21 bits per heavy atom. The number of nitrogens with zero attached hydrogens (tertiary/aromatic N) is 1. The summed E-state index contributed by atoms with van der Waals surface area (Å²) in [6.07, 6.45) is 0.737. The lowest BCUT2D eigenvalue weighted by molar-refractivity contribution is -0.140. The molecule has 1 unspecified atom stereocenters. The van der Waals surface area contributed by atoms with E-state index >= 15 is 0 Å². The third kappa shape index (κ3) is 4.03. The number of carbonyl (C=O) groups excluding carboxylic acids is 2. The quantitative estimate of drug-likeness (QED) is 0.326. The van der Waals surface area contributed by atoms with E-state index in [4.69, 9.17) is 4.74 Å². The van der Waals surface area contributed by atoms with Crippen molar-refractivity contribution in [2.75, 3.05) is 13.2 Å². The van der Waals surface area contributed by atoms with Crippen LogP contribution >= 0.6 is 11.3 Å². The summed E-state index contributed by atoms with van der Waals surface area (Å²) in [4.78, 5) is 28.1. The van der Waals surface area contributed by atoms with E-state index in [1.807, 2.05) is 38.3 Å². The Hall–Kier alpha value is -2.44. The number of likely N-dealkylation sites (tertiary alicyclic amines) is 1. The number of carbonyl (C=O) groups is 2. The molecule has 1 saturated heterocycles. The van der Waals surface area contributed by atoms with Crippen molar-refractivity contribution < 1.29 is 19.4 Å². The van der Waals surface area contributed by atoms with Gasteiger partial charge < -0.3 is 14.7 Å². The molecule has 0 bridgehead atoms. The third-order valence-corrected chi connectivity index (χ3v) is 5.80. The van der Waals surface area contributed by atoms with Gasteiger partial charge in [0.1, 0.15) is 5.76 Å². The molecule has 0 radical (unpaired) electrons. The molecule has 1 amide bonds. The number of ether oxygens (including phenoxy) is 1. The van der Waals surface area contributed by atoms with E-state index in [2.05, 4.69) is 0 Å². The Balaban J connectivity index is 2.00. The number of aliphatic hydroxyl groups excluding tert-OH is 1. The van der Waals surface area contributed by atoms with Gasteiger partial charge in [0.2, 0.25) is 0 Å². The van der Waals surface area contributed by atoms with Crippen molar-refractivity contribution in [1.29, 1.82) is 0 Å². The lowest BCUT2D eigenvalue weighted by Gasteiger charge is -2.25. The van der Waals surface area contributed by atoms with Crippen LogP contribution < -0.4 is 0 Å². The van der Waals surface area contributed by atoms with Gasteiger partial charge in [0.15, 0.2) is 0 Å². The first-order valence-corrected chi connectivity index (χ1v) is 10.3. The average Bonchev–Trinajstić information content (AvgIpc) is 3.20. The molecular formula is C22H25NO4S. The van der Waals surface area contributed by atoms with Crippen LogP contribution in [0.2, 0.25) is 0 Å². The average molecular weight is 400 g/mol. The van der Waals surface area contributed by atoms with Crippen LogP contribution in [0.15, 0.2) is 47.4 Å². The highest BCUT2D eigenvalue weighted by Crippen LogP contribution is 2.42. The van der Waals surface area contributed by atoms with E-state index in [0.29, 0.717) is 25.1 Å². The van der Waals surface area contributed by atoms with Gasteiger partial charge in [0.05, 0.1) is 17.7 Å². The normalized spacial score (nSPS) is 19.0. The predicted octanol–water partition coefficient (Wildman–Crippen LogP) is 4.29. The van der Waals surface area contributed by atoms with Gasteiger partial charge in [-0.3, -0.25) is 9.59 Å². The van der Waals surface area contributed by atoms with Gasteiger partial charge in [-0.1, -0.05) is 30.3 Å². The molecule has 1 aromatic heterocycles. The van der Waals surface area contributed by atoms with Crippen LogP contribution in [0.4, 0.5) is 0 Å². The fourth-order valence-electron chi connectivity index (χ4n) is 3.35. The second kappa shape index (κ2) is 8.71. The van der Waals surface area contributed by atoms with Crippen molar-refractivity contribution in [3.8, 4) is 0 Å². The molecule has 1 aliphatic rings. The van der Waals surface area contributed by atoms with Gasteiger partial charge in [-0.15, -0.1) is 11.3 Å². The maximum atomic E-state index is 12.9. The Labute approximate surface area is 169 Å². The lowest BCUT2D eigenvalue weighted by atomic mass is 9.98. The van der Waals surface area contributed by atoms with Gasteiger partial charge >= 0.3 is 0 Å². The van der Waals surface area contributed by atoms with Crippen LogP contribution in [0.1, 0.15) is 42.3 Å². The monoisotopic (exact) mass is 399 g/mol. The second-order valence-electron chi connectivity index (χ2n) is 7.10. The number of rotatable bonds is 7. The molecule has 3 rings (SSSR count). The summed E-state index contributed by atoms with van der Waals surface area (Å²) in [5.41, 5.74) is 1.69. The fourth-order valence-corrected chi connectivity index (χ4v) is 4.40.